The van der Waals surface area contributed by atoms with Crippen LogP contribution in [0.3, 0.4) is 0 Å². The van der Waals surface area contributed by atoms with Gasteiger partial charge in [0.1, 0.15) is 11.4 Å². The van der Waals surface area contributed by atoms with Crippen LogP contribution in [0, 0.1) is 5.82 Å². The van der Waals surface area contributed by atoms with Crippen LogP contribution >= 0.6 is 0 Å². The molecular formula is C25H26FN3O4. The Morgan fingerprint density at radius 2 is 1.91 bits per heavy atom. The van der Waals surface area contributed by atoms with Crippen molar-refractivity contribution in [3.8, 4) is 11.3 Å². The Kier molecular flexibility index (Phi) is 6.55. The fraction of sp³-hybridized carbons (Fsp3) is 0.320. The standard InChI is InChI=1S/C25H26FN3O4/c1-17(18-3-5-19(6-4-18)22-15-23(31)28-16-27-22)29-13-12-25(11-2-14-30,33-24(29)32)20-7-9-21(26)10-8-20/h3-10,15-17,30H,2,11-14H2,1H3,(H,27,28,31)/t17?,25-/m1/s1. The molecule has 2 atom stereocenters. The maximum absolute atomic E-state index is 13.4. The van der Waals surface area contributed by atoms with E-state index in [9.17, 15) is 19.1 Å². The van der Waals surface area contributed by atoms with Crippen molar-refractivity contribution >= 4 is 6.09 Å². The van der Waals surface area contributed by atoms with Gasteiger partial charge >= 0.3 is 6.09 Å². The molecule has 0 spiro atoms. The number of hydrogen-bond donors (Lipinski definition) is 2. The van der Waals surface area contributed by atoms with Gasteiger partial charge in [0.2, 0.25) is 0 Å². The van der Waals surface area contributed by atoms with Crippen LogP contribution in [-0.2, 0) is 10.3 Å². The molecule has 1 aliphatic rings. The summed E-state index contributed by atoms with van der Waals surface area (Å²) in [6.45, 7) is 2.37. The number of cyclic esters (lactones) is 1. The van der Waals surface area contributed by atoms with E-state index in [2.05, 4.69) is 9.97 Å². The third-order valence-corrected chi connectivity index (χ3v) is 6.22. The molecule has 0 bridgehead atoms. The Balaban J connectivity index is 1.52. The number of halogens is 1. The molecule has 0 aliphatic carbocycles. The number of ether oxygens (including phenoxy) is 1. The van der Waals surface area contributed by atoms with Gasteiger partial charge in [0.15, 0.2) is 0 Å². The number of carbonyl (C=O) groups is 1. The zero-order chi connectivity index (χ0) is 23.4. The third kappa shape index (κ3) is 4.80. The van der Waals surface area contributed by atoms with Crippen molar-refractivity contribution < 1.29 is 19.0 Å². The topological polar surface area (TPSA) is 95.5 Å². The first kappa shape index (κ1) is 22.7. The summed E-state index contributed by atoms with van der Waals surface area (Å²) in [5.41, 5.74) is 1.91. The second-order valence-electron chi connectivity index (χ2n) is 8.23. The van der Waals surface area contributed by atoms with Crippen LogP contribution in [0.5, 0.6) is 0 Å². The highest BCUT2D eigenvalue weighted by molar-refractivity contribution is 5.70. The summed E-state index contributed by atoms with van der Waals surface area (Å²) in [6, 6.07) is 14.7. The first-order valence-electron chi connectivity index (χ1n) is 10.9. The zero-order valence-corrected chi connectivity index (χ0v) is 18.3. The largest absolute Gasteiger partial charge is 0.438 e. The molecule has 0 radical (unpaired) electrons. The summed E-state index contributed by atoms with van der Waals surface area (Å²) in [7, 11) is 0. The minimum Gasteiger partial charge on any atom is -0.438 e. The van der Waals surface area contributed by atoms with E-state index in [1.807, 2.05) is 31.2 Å². The minimum absolute atomic E-state index is 0.0187. The Bertz CT molecular complexity index is 1160. The Morgan fingerprint density at radius 3 is 2.55 bits per heavy atom. The highest BCUT2D eigenvalue weighted by Crippen LogP contribution is 2.40. The number of H-pyrrole nitrogens is 1. The SMILES string of the molecule is CC(c1ccc(-c2cc(=O)[nH]cn2)cc1)N1CC[C@](CCCO)(c2ccc(F)cc2)OC1=O. The van der Waals surface area contributed by atoms with E-state index in [1.165, 1.54) is 24.5 Å². The Hall–Kier alpha value is -3.52. The van der Waals surface area contributed by atoms with Crippen molar-refractivity contribution in [1.82, 2.24) is 14.9 Å². The second-order valence-corrected chi connectivity index (χ2v) is 8.23. The molecular weight excluding hydrogens is 425 g/mol. The molecule has 2 heterocycles. The van der Waals surface area contributed by atoms with Gasteiger partial charge in [-0.15, -0.1) is 0 Å². The zero-order valence-electron chi connectivity index (χ0n) is 18.3. The van der Waals surface area contributed by atoms with E-state index in [-0.39, 0.29) is 24.0 Å². The molecule has 1 amide bonds. The summed E-state index contributed by atoms with van der Waals surface area (Å²) in [5.74, 6) is -0.354. The summed E-state index contributed by atoms with van der Waals surface area (Å²) in [6.07, 6.45) is 2.38. The lowest BCUT2D eigenvalue weighted by Crippen LogP contribution is -2.48. The number of aromatic nitrogens is 2. The second kappa shape index (κ2) is 9.54. The highest BCUT2D eigenvalue weighted by Gasteiger charge is 2.43. The summed E-state index contributed by atoms with van der Waals surface area (Å²) in [5, 5.41) is 9.34. The lowest BCUT2D eigenvalue weighted by atomic mass is 9.84. The quantitative estimate of drug-likeness (QED) is 0.563. The van der Waals surface area contributed by atoms with Gasteiger partial charge in [-0.05, 0) is 43.0 Å². The van der Waals surface area contributed by atoms with Crippen LogP contribution in [0.4, 0.5) is 9.18 Å². The third-order valence-electron chi connectivity index (χ3n) is 6.22. The van der Waals surface area contributed by atoms with Crippen molar-refractivity contribution in [1.29, 1.82) is 0 Å². The van der Waals surface area contributed by atoms with E-state index in [1.54, 1.807) is 17.0 Å². The molecule has 1 saturated heterocycles. The van der Waals surface area contributed by atoms with Crippen molar-refractivity contribution in [2.24, 2.45) is 0 Å². The van der Waals surface area contributed by atoms with Crippen LogP contribution in [0.25, 0.3) is 11.3 Å². The maximum atomic E-state index is 13.4. The predicted molar refractivity (Wildman–Crippen MR) is 121 cm³/mol. The van der Waals surface area contributed by atoms with Crippen molar-refractivity contribution in [2.75, 3.05) is 13.2 Å². The smallest absolute Gasteiger partial charge is 0.411 e. The van der Waals surface area contributed by atoms with Gasteiger partial charge in [-0.25, -0.2) is 14.2 Å². The normalized spacial score (nSPS) is 19.2. The maximum Gasteiger partial charge on any atom is 0.411 e. The van der Waals surface area contributed by atoms with E-state index < -0.39 is 11.7 Å². The molecule has 33 heavy (non-hydrogen) atoms. The van der Waals surface area contributed by atoms with Gasteiger partial charge in [0.25, 0.3) is 5.56 Å². The van der Waals surface area contributed by atoms with Crippen LogP contribution in [0.15, 0.2) is 65.7 Å². The predicted octanol–water partition coefficient (Wildman–Crippen LogP) is 4.15. The number of rotatable bonds is 7. The molecule has 7 nitrogen and oxygen atoms in total. The van der Waals surface area contributed by atoms with E-state index in [4.69, 9.17) is 4.74 Å². The van der Waals surface area contributed by atoms with Crippen LogP contribution < -0.4 is 5.56 Å². The van der Waals surface area contributed by atoms with Crippen molar-refractivity contribution in [3.05, 3.63) is 88.2 Å². The summed E-state index contributed by atoms with van der Waals surface area (Å²) < 4.78 is 19.4. The van der Waals surface area contributed by atoms with Crippen LogP contribution in [-0.4, -0.2) is 39.2 Å². The number of carbonyl (C=O) groups excluding carboxylic acids is 1. The number of nitrogens with zero attached hydrogens (tertiary/aromatic N) is 2. The van der Waals surface area contributed by atoms with Gasteiger partial charge in [-0.3, -0.25) is 4.79 Å². The number of benzene rings is 2. The number of amides is 1. The number of aliphatic hydroxyl groups is 1. The van der Waals surface area contributed by atoms with Gasteiger partial charge in [-0.1, -0.05) is 36.4 Å². The van der Waals surface area contributed by atoms with Gasteiger partial charge in [0.05, 0.1) is 18.1 Å². The lowest BCUT2D eigenvalue weighted by molar-refractivity contribution is -0.0680. The molecule has 1 aliphatic heterocycles. The number of nitrogens with one attached hydrogen (secondary N) is 1. The number of aromatic amines is 1. The molecule has 8 heteroatoms. The molecule has 1 fully saturated rings. The van der Waals surface area contributed by atoms with Crippen LogP contribution in [0.2, 0.25) is 0 Å². The lowest BCUT2D eigenvalue weighted by Gasteiger charge is -2.43. The first-order chi connectivity index (χ1) is 15.9. The average molecular weight is 451 g/mol. The van der Waals surface area contributed by atoms with E-state index in [0.717, 1.165) is 16.7 Å². The molecule has 172 valence electrons. The number of aliphatic hydroxyl groups excluding tert-OH is 1. The average Bonchev–Trinajstić information content (AvgIpc) is 2.83. The minimum atomic E-state index is -0.889. The van der Waals surface area contributed by atoms with Gasteiger partial charge < -0.3 is 19.7 Å². The molecule has 2 aromatic carbocycles. The molecule has 1 aromatic heterocycles. The Morgan fingerprint density at radius 1 is 1.18 bits per heavy atom. The summed E-state index contributed by atoms with van der Waals surface area (Å²) >= 11 is 0. The highest BCUT2D eigenvalue weighted by atomic mass is 19.1. The molecule has 2 N–H and O–H groups in total. The molecule has 1 unspecified atom stereocenters. The number of hydrogen-bond acceptors (Lipinski definition) is 5. The van der Waals surface area contributed by atoms with E-state index >= 15 is 0 Å². The van der Waals surface area contributed by atoms with Gasteiger partial charge in [0, 0.05) is 31.2 Å². The monoisotopic (exact) mass is 451 g/mol. The molecule has 4 rings (SSSR count). The summed E-state index contributed by atoms with van der Waals surface area (Å²) in [4.78, 5) is 32.9. The molecule has 0 saturated carbocycles. The first-order valence-corrected chi connectivity index (χ1v) is 10.9. The van der Waals surface area contributed by atoms with Crippen molar-refractivity contribution in [2.45, 2.75) is 37.8 Å². The van der Waals surface area contributed by atoms with Crippen molar-refractivity contribution in [3.63, 3.8) is 0 Å². The van der Waals surface area contributed by atoms with Crippen LogP contribution in [0.1, 0.15) is 43.4 Å². The molecule has 3 aromatic rings. The fourth-order valence-electron chi connectivity index (χ4n) is 4.30. The van der Waals surface area contributed by atoms with E-state index in [0.29, 0.717) is 31.5 Å². The fourth-order valence-corrected chi connectivity index (χ4v) is 4.30. The van der Waals surface area contributed by atoms with Gasteiger partial charge in [-0.2, -0.15) is 0 Å². The Labute approximate surface area is 190 Å².